The summed E-state index contributed by atoms with van der Waals surface area (Å²) in [6.45, 7) is 11.9. The topological polar surface area (TPSA) is 0 Å². The zero-order chi connectivity index (χ0) is 20.3. The molecule has 0 amide bonds. The van der Waals surface area contributed by atoms with E-state index in [9.17, 15) is 0 Å². The van der Waals surface area contributed by atoms with E-state index in [4.69, 9.17) is 0 Å². The molecule has 0 rings (SSSR count). The summed E-state index contributed by atoms with van der Waals surface area (Å²) in [4.78, 5) is 0. The Morgan fingerprint density at radius 1 is 0.370 bits per heavy atom. The maximum Gasteiger partial charge on any atom is -0.0353 e. The highest BCUT2D eigenvalue weighted by molar-refractivity contribution is 4.65. The molecule has 0 nitrogen and oxygen atoms in total. The third-order valence-corrected chi connectivity index (χ3v) is 5.27. The summed E-state index contributed by atoms with van der Waals surface area (Å²) in [6.07, 6.45) is 33.6. The summed E-state index contributed by atoms with van der Waals surface area (Å²) in [7, 11) is 0. The van der Waals surface area contributed by atoms with Gasteiger partial charge in [-0.2, -0.15) is 0 Å². The minimum atomic E-state index is 1.19. The number of hydrogen-bond acceptors (Lipinski definition) is 0. The van der Waals surface area contributed by atoms with E-state index in [2.05, 4.69) is 27.0 Å². The van der Waals surface area contributed by atoms with Crippen LogP contribution in [0.3, 0.4) is 0 Å². The van der Waals surface area contributed by atoms with Crippen LogP contribution in [0, 0.1) is 0 Å². The first kappa shape index (κ1) is 28.7. The smallest absolute Gasteiger partial charge is 0.0353 e. The molecule has 162 valence electrons. The first-order chi connectivity index (χ1) is 13.3. The van der Waals surface area contributed by atoms with Crippen molar-refractivity contribution in [1.82, 2.24) is 0 Å². The number of rotatable bonds is 21. The largest absolute Gasteiger partial charge is 0.103 e. The molecule has 0 saturated heterocycles. The summed E-state index contributed by atoms with van der Waals surface area (Å²) in [5, 5.41) is 0. The molecule has 0 aliphatic heterocycles. The van der Waals surface area contributed by atoms with Gasteiger partial charge in [-0.15, -0.1) is 13.2 Å². The lowest BCUT2D eigenvalue weighted by Crippen LogP contribution is -1.83. The number of hydrogen-bond donors (Lipinski definition) is 0. The highest BCUT2D eigenvalue weighted by Crippen LogP contribution is 2.13. The second kappa shape index (κ2) is 30.2. The molecule has 0 N–H and O–H groups in total. The maximum absolute atomic E-state index is 3.76. The highest BCUT2D eigenvalue weighted by atomic mass is 14.0. The second-order valence-electron chi connectivity index (χ2n) is 8.17. The fraction of sp³-hybridized carbons (Fsp3) is 0.852. The average Bonchev–Trinajstić information content (AvgIpc) is 2.69. The SMILES string of the molecule is C=CCCCCCC.C=CCCCCCCCCCCCCCCCCC. The zero-order valence-electron chi connectivity index (χ0n) is 19.4. The third kappa shape index (κ3) is 33.5. The molecule has 0 aromatic carbocycles. The van der Waals surface area contributed by atoms with E-state index in [1.54, 1.807) is 0 Å². The monoisotopic (exact) mass is 378 g/mol. The molecule has 27 heavy (non-hydrogen) atoms. The Morgan fingerprint density at radius 2 is 0.593 bits per heavy atom. The van der Waals surface area contributed by atoms with Gasteiger partial charge in [0.05, 0.1) is 0 Å². The van der Waals surface area contributed by atoms with Crippen molar-refractivity contribution >= 4 is 0 Å². The van der Waals surface area contributed by atoms with Gasteiger partial charge in [0.25, 0.3) is 0 Å². The van der Waals surface area contributed by atoms with Crippen molar-refractivity contribution in [3.05, 3.63) is 25.3 Å². The zero-order valence-corrected chi connectivity index (χ0v) is 19.4. The lowest BCUT2D eigenvalue weighted by molar-refractivity contribution is 0.533. The van der Waals surface area contributed by atoms with Crippen LogP contribution >= 0.6 is 0 Å². The lowest BCUT2D eigenvalue weighted by atomic mass is 10.0. The van der Waals surface area contributed by atoms with E-state index in [1.807, 2.05) is 12.2 Å². The molecule has 0 fully saturated rings. The molecular weight excluding hydrogens is 324 g/mol. The fourth-order valence-electron chi connectivity index (χ4n) is 3.38. The van der Waals surface area contributed by atoms with Crippen LogP contribution in [0.4, 0.5) is 0 Å². The van der Waals surface area contributed by atoms with Gasteiger partial charge in [-0.1, -0.05) is 135 Å². The highest BCUT2D eigenvalue weighted by Gasteiger charge is 1.93. The molecule has 0 aromatic rings. The van der Waals surface area contributed by atoms with Gasteiger partial charge in [0.1, 0.15) is 0 Å². The van der Waals surface area contributed by atoms with Crippen LogP contribution in [-0.4, -0.2) is 0 Å². The summed E-state index contributed by atoms with van der Waals surface area (Å²) >= 11 is 0. The third-order valence-electron chi connectivity index (χ3n) is 5.27. The Bertz CT molecular complexity index is 253. The van der Waals surface area contributed by atoms with Crippen LogP contribution in [0.25, 0.3) is 0 Å². The van der Waals surface area contributed by atoms with E-state index < -0.39 is 0 Å². The molecule has 0 heterocycles. The second-order valence-corrected chi connectivity index (χ2v) is 8.17. The molecule has 0 bridgehead atoms. The average molecular weight is 379 g/mol. The molecule has 0 heteroatoms. The van der Waals surface area contributed by atoms with E-state index in [0.717, 1.165) is 0 Å². The minimum absolute atomic E-state index is 1.19. The molecule has 0 saturated carbocycles. The summed E-state index contributed by atoms with van der Waals surface area (Å²) in [6, 6.07) is 0. The molecular formula is C27H54. The van der Waals surface area contributed by atoms with E-state index in [0.29, 0.717) is 0 Å². The van der Waals surface area contributed by atoms with Gasteiger partial charge in [0.15, 0.2) is 0 Å². The van der Waals surface area contributed by atoms with Crippen molar-refractivity contribution in [3.63, 3.8) is 0 Å². The minimum Gasteiger partial charge on any atom is -0.103 e. The summed E-state index contributed by atoms with van der Waals surface area (Å²) in [5.41, 5.74) is 0. The van der Waals surface area contributed by atoms with Crippen LogP contribution < -0.4 is 0 Å². The lowest BCUT2D eigenvalue weighted by Gasteiger charge is -2.03. The summed E-state index contributed by atoms with van der Waals surface area (Å²) in [5.74, 6) is 0. The molecule has 0 unspecified atom stereocenters. The molecule has 0 aliphatic carbocycles. The van der Waals surface area contributed by atoms with Crippen molar-refractivity contribution in [2.75, 3.05) is 0 Å². The van der Waals surface area contributed by atoms with Crippen molar-refractivity contribution in [2.24, 2.45) is 0 Å². The van der Waals surface area contributed by atoms with E-state index >= 15 is 0 Å². The molecule has 0 aromatic heterocycles. The van der Waals surface area contributed by atoms with Crippen LogP contribution in [0.5, 0.6) is 0 Å². The molecule has 0 radical (unpaired) electrons. The van der Waals surface area contributed by atoms with Gasteiger partial charge in [0.2, 0.25) is 0 Å². The van der Waals surface area contributed by atoms with Crippen LogP contribution in [0.2, 0.25) is 0 Å². The predicted molar refractivity (Wildman–Crippen MR) is 129 cm³/mol. The quantitative estimate of drug-likeness (QED) is 0.137. The van der Waals surface area contributed by atoms with Crippen LogP contribution in [0.1, 0.15) is 149 Å². The van der Waals surface area contributed by atoms with Crippen molar-refractivity contribution in [1.29, 1.82) is 0 Å². The van der Waals surface area contributed by atoms with Gasteiger partial charge >= 0.3 is 0 Å². The van der Waals surface area contributed by atoms with E-state index in [-0.39, 0.29) is 0 Å². The number of allylic oxidation sites excluding steroid dienone is 2. The molecule has 0 atom stereocenters. The standard InChI is InChI=1S/C19H38.C8H16/c1-3-5-7-9-11-13-15-17-19-18-16-14-12-10-8-6-4-2;1-3-5-7-8-6-4-2/h3H,1,4-19H2,2H3;3H,1,4-8H2,2H3. The first-order valence-electron chi connectivity index (χ1n) is 12.5. The van der Waals surface area contributed by atoms with Gasteiger partial charge < -0.3 is 0 Å². The Hall–Kier alpha value is -0.520. The first-order valence-corrected chi connectivity index (χ1v) is 12.5. The van der Waals surface area contributed by atoms with Crippen LogP contribution in [-0.2, 0) is 0 Å². The van der Waals surface area contributed by atoms with Crippen molar-refractivity contribution < 1.29 is 0 Å². The van der Waals surface area contributed by atoms with Gasteiger partial charge in [-0.25, -0.2) is 0 Å². The van der Waals surface area contributed by atoms with Crippen LogP contribution in [0.15, 0.2) is 25.3 Å². The molecule has 0 aliphatic rings. The van der Waals surface area contributed by atoms with Crippen molar-refractivity contribution in [3.8, 4) is 0 Å². The van der Waals surface area contributed by atoms with E-state index in [1.165, 1.54) is 135 Å². The Labute approximate surface area is 174 Å². The number of unbranched alkanes of at least 4 members (excludes halogenated alkanes) is 19. The normalized spacial score (nSPS) is 10.3. The summed E-state index contributed by atoms with van der Waals surface area (Å²) < 4.78 is 0. The Morgan fingerprint density at radius 3 is 0.852 bits per heavy atom. The van der Waals surface area contributed by atoms with Gasteiger partial charge in [-0.05, 0) is 25.7 Å². The van der Waals surface area contributed by atoms with Gasteiger partial charge in [-0.3, -0.25) is 0 Å². The maximum atomic E-state index is 3.76. The molecule has 0 spiro atoms. The Kier molecular flexibility index (Phi) is 32.1. The Balaban J connectivity index is 0. The van der Waals surface area contributed by atoms with Gasteiger partial charge in [0, 0.05) is 0 Å². The predicted octanol–water partition coefficient (Wildman–Crippen LogP) is 10.6. The fourth-order valence-corrected chi connectivity index (χ4v) is 3.38. The van der Waals surface area contributed by atoms with Crippen molar-refractivity contribution in [2.45, 2.75) is 149 Å².